The largest absolute Gasteiger partial charge is 0.462 e. The van der Waals surface area contributed by atoms with Crippen LogP contribution in [0.4, 0.5) is 11.7 Å². The van der Waals surface area contributed by atoms with E-state index in [-0.39, 0.29) is 12.0 Å². The molecule has 0 aliphatic heterocycles. The number of carbonyl (C=O) groups is 1. The number of carbonyl (C=O) groups excluding carboxylic acids is 1. The van der Waals surface area contributed by atoms with E-state index in [1.165, 1.54) is 0 Å². The van der Waals surface area contributed by atoms with Gasteiger partial charge >= 0.3 is 12.0 Å². The molecule has 1 N–H and O–H groups in total. The molecule has 6 nitrogen and oxygen atoms in total. The quantitative estimate of drug-likeness (QED) is 0.725. The fraction of sp³-hybridized carbons (Fsp3) is 0.118. The Bertz CT molecular complexity index is 800. The van der Waals surface area contributed by atoms with Crippen molar-refractivity contribution in [3.05, 3.63) is 60.2 Å². The molecule has 0 unspecified atom stereocenters. The number of esters is 1. The van der Waals surface area contributed by atoms with Gasteiger partial charge in [0.2, 0.25) is 5.82 Å². The predicted molar refractivity (Wildman–Crippen MR) is 85.4 cm³/mol. The topological polar surface area (TPSA) is 77.2 Å². The van der Waals surface area contributed by atoms with Crippen molar-refractivity contribution in [2.45, 2.75) is 6.92 Å². The summed E-state index contributed by atoms with van der Waals surface area (Å²) in [6, 6.07) is 16.7. The Morgan fingerprint density at radius 3 is 2.78 bits per heavy atom. The number of aromatic nitrogens is 2. The zero-order valence-corrected chi connectivity index (χ0v) is 12.5. The summed E-state index contributed by atoms with van der Waals surface area (Å²) in [5.41, 5.74) is 1.99. The van der Waals surface area contributed by atoms with Crippen molar-refractivity contribution in [2.24, 2.45) is 0 Å². The predicted octanol–water partition coefficient (Wildman–Crippen LogP) is 3.66. The lowest BCUT2D eigenvalue weighted by molar-refractivity contribution is 0.0526. The zero-order chi connectivity index (χ0) is 16.1. The van der Waals surface area contributed by atoms with Gasteiger partial charge in [-0.2, -0.15) is 4.98 Å². The summed E-state index contributed by atoms with van der Waals surface area (Å²) < 4.78 is 10.2. The first-order valence-corrected chi connectivity index (χ1v) is 7.19. The van der Waals surface area contributed by atoms with E-state index >= 15 is 0 Å². The molecule has 2 aromatic carbocycles. The van der Waals surface area contributed by atoms with E-state index in [9.17, 15) is 4.79 Å². The van der Waals surface area contributed by atoms with Crippen molar-refractivity contribution >= 4 is 17.7 Å². The molecule has 0 fully saturated rings. The maximum absolute atomic E-state index is 11.7. The van der Waals surface area contributed by atoms with Gasteiger partial charge in [0.05, 0.1) is 12.2 Å². The summed E-state index contributed by atoms with van der Waals surface area (Å²) in [5, 5.41) is 6.91. The highest BCUT2D eigenvalue weighted by molar-refractivity contribution is 5.90. The second kappa shape index (κ2) is 6.74. The fourth-order valence-electron chi connectivity index (χ4n) is 2.04. The highest BCUT2D eigenvalue weighted by Crippen LogP contribution is 2.20. The number of hydrogen-bond acceptors (Lipinski definition) is 6. The molecule has 1 heterocycles. The van der Waals surface area contributed by atoms with E-state index in [2.05, 4.69) is 15.5 Å². The molecule has 23 heavy (non-hydrogen) atoms. The van der Waals surface area contributed by atoms with Crippen LogP contribution in [-0.4, -0.2) is 22.7 Å². The monoisotopic (exact) mass is 309 g/mol. The van der Waals surface area contributed by atoms with Crippen LogP contribution >= 0.6 is 0 Å². The second-order valence-corrected chi connectivity index (χ2v) is 4.72. The summed E-state index contributed by atoms with van der Waals surface area (Å²) in [6.07, 6.45) is 0. The van der Waals surface area contributed by atoms with E-state index in [0.29, 0.717) is 23.7 Å². The summed E-state index contributed by atoms with van der Waals surface area (Å²) in [4.78, 5) is 16.0. The molecule has 0 aliphatic rings. The van der Waals surface area contributed by atoms with Crippen LogP contribution in [0.25, 0.3) is 11.4 Å². The van der Waals surface area contributed by atoms with E-state index < -0.39 is 0 Å². The first kappa shape index (κ1) is 14.8. The molecule has 116 valence electrons. The smallest absolute Gasteiger partial charge is 0.338 e. The molecule has 0 atom stereocenters. The van der Waals surface area contributed by atoms with E-state index in [0.717, 1.165) is 5.56 Å². The molecule has 0 amide bonds. The van der Waals surface area contributed by atoms with Gasteiger partial charge in [-0.15, -0.1) is 0 Å². The van der Waals surface area contributed by atoms with Gasteiger partial charge in [0.1, 0.15) is 0 Å². The minimum Gasteiger partial charge on any atom is -0.462 e. The highest BCUT2D eigenvalue weighted by atomic mass is 16.5. The van der Waals surface area contributed by atoms with Gasteiger partial charge in [-0.05, 0) is 25.1 Å². The Morgan fingerprint density at radius 2 is 2.00 bits per heavy atom. The van der Waals surface area contributed by atoms with E-state index in [1.54, 1.807) is 31.2 Å². The molecule has 0 radical (unpaired) electrons. The van der Waals surface area contributed by atoms with E-state index in [4.69, 9.17) is 9.26 Å². The molecule has 0 spiro atoms. The lowest BCUT2D eigenvalue weighted by Crippen LogP contribution is -2.04. The van der Waals surface area contributed by atoms with Crippen LogP contribution in [0.3, 0.4) is 0 Å². The normalized spacial score (nSPS) is 10.3. The summed E-state index contributed by atoms with van der Waals surface area (Å²) in [7, 11) is 0. The second-order valence-electron chi connectivity index (χ2n) is 4.72. The standard InChI is InChI=1S/C17H15N3O3/c1-2-22-16(21)13-9-6-10-14(11-13)18-17-19-15(20-23-17)12-7-4-3-5-8-12/h3-11H,2H2,1H3,(H,18,19,20). The number of nitrogens with one attached hydrogen (secondary N) is 1. The number of nitrogens with zero attached hydrogens (tertiary/aromatic N) is 2. The fourth-order valence-corrected chi connectivity index (χ4v) is 2.04. The first-order valence-electron chi connectivity index (χ1n) is 7.19. The van der Waals surface area contributed by atoms with Gasteiger partial charge in [-0.1, -0.05) is 41.6 Å². The molecular formula is C17H15N3O3. The lowest BCUT2D eigenvalue weighted by Gasteiger charge is -2.04. The molecule has 3 rings (SSSR count). The van der Waals surface area contributed by atoms with Crippen LogP contribution in [0.15, 0.2) is 59.1 Å². The van der Waals surface area contributed by atoms with E-state index in [1.807, 2.05) is 30.3 Å². The van der Waals surface area contributed by atoms with Gasteiger partial charge in [0, 0.05) is 11.3 Å². The Labute approximate surface area is 133 Å². The van der Waals surface area contributed by atoms with Crippen molar-refractivity contribution < 1.29 is 14.1 Å². The third-order valence-electron chi connectivity index (χ3n) is 3.08. The summed E-state index contributed by atoms with van der Waals surface area (Å²) in [6.45, 7) is 2.10. The third kappa shape index (κ3) is 3.55. The van der Waals surface area contributed by atoms with Crippen LogP contribution < -0.4 is 5.32 Å². The average Bonchev–Trinajstić information content (AvgIpc) is 3.05. The van der Waals surface area contributed by atoms with Crippen LogP contribution in [-0.2, 0) is 4.74 Å². The van der Waals surface area contributed by atoms with Crippen LogP contribution in [0, 0.1) is 0 Å². The highest BCUT2D eigenvalue weighted by Gasteiger charge is 2.10. The van der Waals surface area contributed by atoms with Gasteiger partial charge < -0.3 is 14.6 Å². The Morgan fingerprint density at radius 1 is 1.17 bits per heavy atom. The molecule has 0 bridgehead atoms. The van der Waals surface area contributed by atoms with Crippen molar-refractivity contribution in [3.63, 3.8) is 0 Å². The van der Waals surface area contributed by atoms with Crippen molar-refractivity contribution in [2.75, 3.05) is 11.9 Å². The van der Waals surface area contributed by atoms with Crippen LogP contribution in [0.1, 0.15) is 17.3 Å². The lowest BCUT2D eigenvalue weighted by atomic mass is 10.2. The van der Waals surface area contributed by atoms with Crippen molar-refractivity contribution in [1.29, 1.82) is 0 Å². The molecule has 0 saturated heterocycles. The van der Waals surface area contributed by atoms with Gasteiger partial charge in [0.15, 0.2) is 0 Å². The first-order chi connectivity index (χ1) is 11.3. The maximum Gasteiger partial charge on any atom is 0.338 e. The molecular weight excluding hydrogens is 294 g/mol. The number of ether oxygens (including phenoxy) is 1. The van der Waals surface area contributed by atoms with Crippen LogP contribution in [0.2, 0.25) is 0 Å². The number of hydrogen-bond donors (Lipinski definition) is 1. The number of anilines is 2. The minimum atomic E-state index is -0.369. The summed E-state index contributed by atoms with van der Waals surface area (Å²) in [5.74, 6) is 0.126. The molecule has 1 aromatic heterocycles. The maximum atomic E-state index is 11.7. The SMILES string of the molecule is CCOC(=O)c1cccc(Nc2nc(-c3ccccc3)no2)c1. The van der Waals surface area contributed by atoms with Gasteiger partial charge in [0.25, 0.3) is 0 Å². The number of benzene rings is 2. The minimum absolute atomic E-state index is 0.255. The summed E-state index contributed by atoms with van der Waals surface area (Å²) >= 11 is 0. The van der Waals surface area contributed by atoms with Crippen LogP contribution in [0.5, 0.6) is 0 Å². The number of rotatable bonds is 5. The van der Waals surface area contributed by atoms with Crippen molar-refractivity contribution in [1.82, 2.24) is 10.1 Å². The Balaban J connectivity index is 1.76. The third-order valence-corrected chi connectivity index (χ3v) is 3.08. The van der Waals surface area contributed by atoms with Gasteiger partial charge in [-0.3, -0.25) is 0 Å². The van der Waals surface area contributed by atoms with Gasteiger partial charge in [-0.25, -0.2) is 4.79 Å². The average molecular weight is 309 g/mol. The zero-order valence-electron chi connectivity index (χ0n) is 12.5. The molecule has 3 aromatic rings. The molecule has 6 heteroatoms. The van der Waals surface area contributed by atoms with Crippen molar-refractivity contribution in [3.8, 4) is 11.4 Å². The molecule has 0 aliphatic carbocycles. The Kier molecular flexibility index (Phi) is 4.33. The molecule has 0 saturated carbocycles. The Hall–Kier alpha value is -3.15.